The fraction of sp³-hybridized carbons (Fsp3) is 0.579. The first-order valence-corrected chi connectivity index (χ1v) is 9.11. The highest BCUT2D eigenvalue weighted by atomic mass is 16.5. The summed E-state index contributed by atoms with van der Waals surface area (Å²) in [5, 5.41) is 5.70. The largest absolute Gasteiger partial charge is 0.379 e. The van der Waals surface area contributed by atoms with Crippen LogP contribution >= 0.6 is 0 Å². The third kappa shape index (κ3) is 4.38. The van der Waals surface area contributed by atoms with Gasteiger partial charge in [-0.15, -0.1) is 0 Å². The summed E-state index contributed by atoms with van der Waals surface area (Å²) < 4.78 is 5.30. The maximum Gasteiger partial charge on any atom is 0.239 e. The van der Waals surface area contributed by atoms with Gasteiger partial charge in [-0.2, -0.15) is 0 Å². The zero-order valence-corrected chi connectivity index (χ0v) is 14.6. The van der Waals surface area contributed by atoms with Gasteiger partial charge in [0.15, 0.2) is 0 Å². The average molecular weight is 345 g/mol. The summed E-state index contributed by atoms with van der Waals surface area (Å²) in [7, 11) is 0. The Hall–Kier alpha value is -1.92. The lowest BCUT2D eigenvalue weighted by Gasteiger charge is -2.40. The molecule has 1 saturated carbocycles. The smallest absolute Gasteiger partial charge is 0.239 e. The minimum atomic E-state index is -0.449. The number of amides is 2. The van der Waals surface area contributed by atoms with Gasteiger partial charge in [-0.05, 0) is 18.4 Å². The molecule has 0 aromatic heterocycles. The molecule has 136 valence electrons. The van der Waals surface area contributed by atoms with Gasteiger partial charge in [-0.1, -0.05) is 36.8 Å². The van der Waals surface area contributed by atoms with Crippen LogP contribution in [0.25, 0.3) is 0 Å². The Morgan fingerprint density at radius 3 is 2.44 bits per heavy atom. The topological polar surface area (TPSA) is 70.7 Å². The van der Waals surface area contributed by atoms with Crippen LogP contribution in [0.2, 0.25) is 0 Å². The number of rotatable bonds is 7. The highest BCUT2D eigenvalue weighted by Gasteiger charge is 2.45. The van der Waals surface area contributed by atoms with Crippen LogP contribution in [0.3, 0.4) is 0 Å². The Balaban J connectivity index is 1.41. The van der Waals surface area contributed by atoms with E-state index >= 15 is 0 Å². The lowest BCUT2D eigenvalue weighted by Crippen LogP contribution is -2.51. The summed E-state index contributed by atoms with van der Waals surface area (Å²) in [6.45, 7) is 4.78. The maximum atomic E-state index is 12.7. The van der Waals surface area contributed by atoms with Crippen LogP contribution < -0.4 is 10.6 Å². The first kappa shape index (κ1) is 17.9. The van der Waals surface area contributed by atoms with Crippen molar-refractivity contribution in [2.24, 2.45) is 0 Å². The third-order valence-corrected chi connectivity index (χ3v) is 5.23. The van der Waals surface area contributed by atoms with E-state index in [0.29, 0.717) is 6.54 Å². The Kier molecular flexibility index (Phi) is 6.04. The van der Waals surface area contributed by atoms with Crippen molar-refractivity contribution in [1.29, 1.82) is 0 Å². The number of ether oxygens (including phenoxy) is 1. The number of morpholine rings is 1. The minimum Gasteiger partial charge on any atom is -0.379 e. The molecule has 2 aliphatic rings. The van der Waals surface area contributed by atoms with E-state index in [1.807, 2.05) is 30.3 Å². The van der Waals surface area contributed by atoms with E-state index in [2.05, 4.69) is 15.5 Å². The summed E-state index contributed by atoms with van der Waals surface area (Å²) in [6, 6.07) is 9.88. The van der Waals surface area contributed by atoms with Crippen LogP contribution in [0.4, 0.5) is 0 Å². The molecule has 6 heteroatoms. The van der Waals surface area contributed by atoms with Gasteiger partial charge in [-0.3, -0.25) is 14.5 Å². The SMILES string of the molecule is O=C(CNC(=O)C1(c2ccccc2)CCC1)NCCN1CCOCC1. The molecule has 0 atom stereocenters. The van der Waals surface area contributed by atoms with Crippen LogP contribution in [0, 0.1) is 0 Å². The molecular formula is C19H27N3O3. The van der Waals surface area contributed by atoms with Gasteiger partial charge in [0.25, 0.3) is 0 Å². The van der Waals surface area contributed by atoms with Crippen molar-refractivity contribution in [3.05, 3.63) is 35.9 Å². The van der Waals surface area contributed by atoms with Gasteiger partial charge in [0.2, 0.25) is 11.8 Å². The highest BCUT2D eigenvalue weighted by molar-refractivity contribution is 5.92. The maximum absolute atomic E-state index is 12.7. The number of carbonyl (C=O) groups is 2. The molecule has 0 unspecified atom stereocenters. The van der Waals surface area contributed by atoms with Gasteiger partial charge in [0.05, 0.1) is 25.2 Å². The molecule has 25 heavy (non-hydrogen) atoms. The molecule has 1 saturated heterocycles. The second kappa shape index (κ2) is 8.45. The molecule has 1 aromatic rings. The summed E-state index contributed by atoms with van der Waals surface area (Å²) in [5.41, 5.74) is 0.599. The molecule has 3 rings (SSSR count). The van der Waals surface area contributed by atoms with E-state index in [1.165, 1.54) is 0 Å². The van der Waals surface area contributed by atoms with Gasteiger partial charge in [0.1, 0.15) is 0 Å². The number of nitrogens with zero attached hydrogens (tertiary/aromatic N) is 1. The Bertz CT molecular complexity index is 581. The van der Waals surface area contributed by atoms with E-state index in [4.69, 9.17) is 4.74 Å². The first-order chi connectivity index (χ1) is 12.2. The van der Waals surface area contributed by atoms with E-state index < -0.39 is 5.41 Å². The van der Waals surface area contributed by atoms with Crippen LogP contribution in [0.1, 0.15) is 24.8 Å². The highest BCUT2D eigenvalue weighted by Crippen LogP contribution is 2.43. The molecule has 0 spiro atoms. The number of benzene rings is 1. The lowest BCUT2D eigenvalue weighted by molar-refractivity contribution is -0.132. The predicted molar refractivity (Wildman–Crippen MR) is 95.2 cm³/mol. The fourth-order valence-corrected chi connectivity index (χ4v) is 3.50. The van der Waals surface area contributed by atoms with Crippen LogP contribution in [0.5, 0.6) is 0 Å². The van der Waals surface area contributed by atoms with Gasteiger partial charge in [0, 0.05) is 26.2 Å². The fourth-order valence-electron chi connectivity index (χ4n) is 3.50. The van der Waals surface area contributed by atoms with Gasteiger partial charge >= 0.3 is 0 Å². The molecule has 1 aliphatic heterocycles. The first-order valence-electron chi connectivity index (χ1n) is 9.11. The van der Waals surface area contributed by atoms with E-state index in [-0.39, 0.29) is 18.4 Å². The third-order valence-electron chi connectivity index (χ3n) is 5.23. The van der Waals surface area contributed by atoms with Crippen LogP contribution in [-0.2, 0) is 19.7 Å². The normalized spacial score (nSPS) is 19.7. The molecule has 6 nitrogen and oxygen atoms in total. The van der Waals surface area contributed by atoms with E-state index in [9.17, 15) is 9.59 Å². The van der Waals surface area contributed by atoms with Crippen LogP contribution in [0.15, 0.2) is 30.3 Å². The summed E-state index contributed by atoms with van der Waals surface area (Å²) in [5.74, 6) is -0.169. The van der Waals surface area contributed by atoms with Crippen molar-refractivity contribution in [3.8, 4) is 0 Å². The molecule has 2 amide bonds. The number of carbonyl (C=O) groups excluding carboxylic acids is 2. The monoisotopic (exact) mass is 345 g/mol. The Morgan fingerprint density at radius 1 is 1.08 bits per heavy atom. The van der Waals surface area contributed by atoms with Crippen molar-refractivity contribution >= 4 is 11.8 Å². The summed E-state index contributed by atoms with van der Waals surface area (Å²) in [6.07, 6.45) is 2.75. The minimum absolute atomic E-state index is 0.0340. The molecule has 2 fully saturated rings. The second-order valence-corrected chi connectivity index (χ2v) is 6.79. The Labute approximate surface area is 148 Å². The Morgan fingerprint density at radius 2 is 1.80 bits per heavy atom. The van der Waals surface area contributed by atoms with E-state index in [1.54, 1.807) is 0 Å². The molecule has 1 aliphatic carbocycles. The van der Waals surface area contributed by atoms with Crippen molar-refractivity contribution < 1.29 is 14.3 Å². The molecule has 2 N–H and O–H groups in total. The molecule has 0 bridgehead atoms. The lowest BCUT2D eigenvalue weighted by atomic mass is 9.64. The predicted octanol–water partition coefficient (Wildman–Crippen LogP) is 0.673. The average Bonchev–Trinajstić information content (AvgIpc) is 2.61. The zero-order valence-electron chi connectivity index (χ0n) is 14.6. The zero-order chi connectivity index (χ0) is 17.5. The van der Waals surface area contributed by atoms with Crippen molar-refractivity contribution in [3.63, 3.8) is 0 Å². The van der Waals surface area contributed by atoms with Crippen molar-refractivity contribution in [1.82, 2.24) is 15.5 Å². The molecular weight excluding hydrogens is 318 g/mol. The van der Waals surface area contributed by atoms with Crippen molar-refractivity contribution in [2.45, 2.75) is 24.7 Å². The number of hydrogen-bond donors (Lipinski definition) is 2. The van der Waals surface area contributed by atoms with Gasteiger partial charge < -0.3 is 15.4 Å². The molecule has 1 heterocycles. The molecule has 1 aromatic carbocycles. The molecule has 0 radical (unpaired) electrons. The number of hydrogen-bond acceptors (Lipinski definition) is 4. The van der Waals surface area contributed by atoms with Crippen LogP contribution in [-0.4, -0.2) is 62.7 Å². The quantitative estimate of drug-likeness (QED) is 0.762. The van der Waals surface area contributed by atoms with Crippen molar-refractivity contribution in [2.75, 3.05) is 45.9 Å². The standard InChI is InChI=1S/C19H27N3O3/c23-17(20-9-10-22-11-13-25-14-12-22)15-21-18(24)19(7-4-8-19)16-5-2-1-3-6-16/h1-3,5-6H,4,7-15H2,(H,20,23)(H,21,24). The second-order valence-electron chi connectivity index (χ2n) is 6.79. The van der Waals surface area contributed by atoms with E-state index in [0.717, 1.165) is 57.7 Å². The summed E-state index contributed by atoms with van der Waals surface area (Å²) >= 11 is 0. The van der Waals surface area contributed by atoms with Gasteiger partial charge in [-0.25, -0.2) is 0 Å². The number of nitrogens with one attached hydrogen (secondary N) is 2. The summed E-state index contributed by atoms with van der Waals surface area (Å²) in [4.78, 5) is 26.9.